The van der Waals surface area contributed by atoms with Gasteiger partial charge in [0.05, 0.1) is 0 Å². The zero-order chi connectivity index (χ0) is 23.2. The first-order chi connectivity index (χ1) is 14.4. The third-order valence-corrected chi connectivity index (χ3v) is 7.92. The van der Waals surface area contributed by atoms with Crippen LogP contribution >= 0.6 is 15.9 Å². The van der Waals surface area contributed by atoms with Crippen LogP contribution in [0.15, 0.2) is 22.7 Å². The maximum atomic E-state index is 12.0. The van der Waals surface area contributed by atoms with Crippen molar-refractivity contribution in [2.75, 3.05) is 0 Å². The number of hydrogen-bond acceptors (Lipinski definition) is 2. The van der Waals surface area contributed by atoms with Crippen LogP contribution in [0.4, 0.5) is 0 Å². The van der Waals surface area contributed by atoms with E-state index in [0.717, 1.165) is 28.4 Å². The normalized spacial score (nSPS) is 19.6. The van der Waals surface area contributed by atoms with E-state index in [9.17, 15) is 9.59 Å². The molecule has 166 valence electrons. The number of carbonyl (C=O) groups is 2. The van der Waals surface area contributed by atoms with Crippen molar-refractivity contribution in [1.29, 1.82) is 0 Å². The van der Waals surface area contributed by atoms with Crippen molar-refractivity contribution in [3.63, 3.8) is 0 Å². The van der Waals surface area contributed by atoms with Crippen molar-refractivity contribution in [3.8, 4) is 0 Å². The standard InChI is InChI=1S/C14H17BrO.C14H18O/c1-7(2)10-6-12-11(13(15)9(10)4)5-8(3)14(12)16;1-8(2)12-7-13-11(5-9(12)3)6-10(4)14(13)15/h6-8H,5H2,1-4H3;5,7-8,10H,6H2,1-4H3. The molecule has 2 unspecified atom stereocenters. The molecule has 0 radical (unpaired) electrons. The van der Waals surface area contributed by atoms with E-state index in [1.54, 1.807) is 0 Å². The van der Waals surface area contributed by atoms with E-state index < -0.39 is 0 Å². The molecular weight excluding hydrogens is 448 g/mol. The Morgan fingerprint density at radius 3 is 1.90 bits per heavy atom. The maximum Gasteiger partial charge on any atom is 0.166 e. The molecule has 2 aliphatic carbocycles. The number of aryl methyl sites for hydroxylation is 1. The van der Waals surface area contributed by atoms with E-state index >= 15 is 0 Å². The summed E-state index contributed by atoms with van der Waals surface area (Å²) in [5, 5.41) is 0. The minimum Gasteiger partial charge on any atom is -0.294 e. The molecule has 0 bridgehead atoms. The van der Waals surface area contributed by atoms with Crippen molar-refractivity contribution in [3.05, 3.63) is 67.2 Å². The van der Waals surface area contributed by atoms with Gasteiger partial charge in [-0.25, -0.2) is 0 Å². The first-order valence-electron chi connectivity index (χ1n) is 11.5. The van der Waals surface area contributed by atoms with Crippen molar-refractivity contribution in [2.45, 2.75) is 80.1 Å². The Kier molecular flexibility index (Phi) is 6.96. The van der Waals surface area contributed by atoms with Crippen LogP contribution in [0.25, 0.3) is 0 Å². The lowest BCUT2D eigenvalue weighted by atomic mass is 9.93. The molecule has 0 spiro atoms. The highest BCUT2D eigenvalue weighted by Crippen LogP contribution is 2.38. The average Bonchev–Trinajstić information content (AvgIpc) is 3.13. The van der Waals surface area contributed by atoms with E-state index in [1.165, 1.54) is 33.4 Å². The van der Waals surface area contributed by atoms with Crippen LogP contribution in [0, 0.1) is 25.7 Å². The van der Waals surface area contributed by atoms with Crippen molar-refractivity contribution in [2.24, 2.45) is 11.8 Å². The molecule has 0 saturated carbocycles. The molecule has 2 atom stereocenters. The summed E-state index contributed by atoms with van der Waals surface area (Å²) < 4.78 is 1.14. The Hall–Kier alpha value is -1.74. The van der Waals surface area contributed by atoms with Crippen LogP contribution in [-0.2, 0) is 12.8 Å². The summed E-state index contributed by atoms with van der Waals surface area (Å²) >= 11 is 3.65. The lowest BCUT2D eigenvalue weighted by molar-refractivity contribution is 0.0939. The third kappa shape index (κ3) is 4.44. The van der Waals surface area contributed by atoms with Gasteiger partial charge in [-0.2, -0.15) is 0 Å². The zero-order valence-electron chi connectivity index (χ0n) is 20.2. The van der Waals surface area contributed by atoms with E-state index in [0.29, 0.717) is 23.4 Å². The molecule has 2 aliphatic rings. The van der Waals surface area contributed by atoms with Gasteiger partial charge in [-0.1, -0.05) is 63.5 Å². The Morgan fingerprint density at radius 1 is 0.806 bits per heavy atom. The van der Waals surface area contributed by atoms with Gasteiger partial charge in [-0.3, -0.25) is 9.59 Å². The van der Waals surface area contributed by atoms with Crippen molar-refractivity contribution < 1.29 is 9.59 Å². The van der Waals surface area contributed by atoms with Gasteiger partial charge >= 0.3 is 0 Å². The lowest BCUT2D eigenvalue weighted by Crippen LogP contribution is -2.04. The zero-order valence-corrected chi connectivity index (χ0v) is 21.7. The van der Waals surface area contributed by atoms with E-state index in [1.807, 2.05) is 13.8 Å². The van der Waals surface area contributed by atoms with Crippen LogP contribution < -0.4 is 0 Å². The fourth-order valence-electron chi connectivity index (χ4n) is 5.00. The van der Waals surface area contributed by atoms with Gasteiger partial charge in [-0.05, 0) is 84.0 Å². The minimum atomic E-state index is 0.146. The molecule has 0 aromatic heterocycles. The van der Waals surface area contributed by atoms with Gasteiger partial charge in [0.25, 0.3) is 0 Å². The molecule has 2 nitrogen and oxygen atoms in total. The van der Waals surface area contributed by atoms with Crippen molar-refractivity contribution in [1.82, 2.24) is 0 Å². The SMILES string of the molecule is Cc1c(C(C)C)cc2c(c1Br)CC(C)C2=O.Cc1cc2c(cc1C(C)C)C(=O)C(C)C2. The molecule has 0 saturated heterocycles. The van der Waals surface area contributed by atoms with Crippen molar-refractivity contribution >= 4 is 27.5 Å². The topological polar surface area (TPSA) is 34.1 Å². The minimum absolute atomic E-state index is 0.146. The van der Waals surface area contributed by atoms with Gasteiger partial charge in [0.15, 0.2) is 11.6 Å². The molecule has 0 N–H and O–H groups in total. The van der Waals surface area contributed by atoms with Crippen LogP contribution in [-0.4, -0.2) is 11.6 Å². The van der Waals surface area contributed by atoms with Crippen LogP contribution in [0.2, 0.25) is 0 Å². The maximum absolute atomic E-state index is 12.0. The molecule has 3 heteroatoms. The summed E-state index contributed by atoms with van der Waals surface area (Å²) in [6, 6.07) is 6.42. The van der Waals surface area contributed by atoms with E-state index in [4.69, 9.17) is 0 Å². The number of hydrogen-bond donors (Lipinski definition) is 0. The fraction of sp³-hybridized carbons (Fsp3) is 0.500. The quantitative estimate of drug-likeness (QED) is 0.438. The third-order valence-electron chi connectivity index (χ3n) is 6.85. The Labute approximate surface area is 196 Å². The lowest BCUT2D eigenvalue weighted by Gasteiger charge is -2.14. The summed E-state index contributed by atoms with van der Waals surface area (Å²) in [5.41, 5.74) is 9.57. The molecule has 4 rings (SSSR count). The summed E-state index contributed by atoms with van der Waals surface area (Å²) in [5.74, 6) is 1.92. The number of ketones is 2. The highest BCUT2D eigenvalue weighted by molar-refractivity contribution is 9.10. The fourth-order valence-corrected chi connectivity index (χ4v) is 5.60. The largest absolute Gasteiger partial charge is 0.294 e. The summed E-state index contributed by atoms with van der Waals surface area (Å²) in [7, 11) is 0. The second-order valence-electron chi connectivity index (χ2n) is 10.0. The predicted octanol–water partition coefficient (Wildman–Crippen LogP) is 7.75. The molecule has 0 fully saturated rings. The first kappa shape index (κ1) is 23.9. The number of benzene rings is 2. The Morgan fingerprint density at radius 2 is 1.32 bits per heavy atom. The summed E-state index contributed by atoms with van der Waals surface area (Å²) in [6.07, 6.45) is 1.81. The van der Waals surface area contributed by atoms with E-state index in [2.05, 4.69) is 75.7 Å². The number of halogens is 1. The first-order valence-corrected chi connectivity index (χ1v) is 12.3. The average molecular weight is 483 g/mol. The summed E-state index contributed by atoms with van der Waals surface area (Å²) in [6.45, 7) is 17.0. The van der Waals surface area contributed by atoms with Gasteiger partial charge < -0.3 is 0 Å². The molecule has 0 heterocycles. The van der Waals surface area contributed by atoms with Crippen LogP contribution in [0.1, 0.15) is 107 Å². The smallest absolute Gasteiger partial charge is 0.166 e. The van der Waals surface area contributed by atoms with Crippen LogP contribution in [0.3, 0.4) is 0 Å². The predicted molar refractivity (Wildman–Crippen MR) is 133 cm³/mol. The van der Waals surface area contributed by atoms with Crippen LogP contribution in [0.5, 0.6) is 0 Å². The molecule has 2 aromatic carbocycles. The van der Waals surface area contributed by atoms with Gasteiger partial charge in [0, 0.05) is 27.4 Å². The second kappa shape index (κ2) is 9.02. The number of carbonyl (C=O) groups excluding carboxylic acids is 2. The highest BCUT2D eigenvalue weighted by atomic mass is 79.9. The molecule has 2 aromatic rings. The Bertz CT molecular complexity index is 1050. The van der Waals surface area contributed by atoms with Gasteiger partial charge in [0.2, 0.25) is 0 Å². The van der Waals surface area contributed by atoms with Gasteiger partial charge in [0.1, 0.15) is 0 Å². The van der Waals surface area contributed by atoms with E-state index in [-0.39, 0.29) is 11.8 Å². The molecule has 0 aliphatic heterocycles. The molecule has 31 heavy (non-hydrogen) atoms. The summed E-state index contributed by atoms with van der Waals surface area (Å²) in [4.78, 5) is 23.9. The van der Waals surface area contributed by atoms with Gasteiger partial charge in [-0.15, -0.1) is 0 Å². The Balaban J connectivity index is 0.000000176. The molecule has 0 amide bonds. The molecular formula is C28H35BrO2. The second-order valence-corrected chi connectivity index (χ2v) is 10.8. The number of Topliss-reactive ketones (excluding diaryl/α,β-unsaturated/α-hetero) is 2. The highest BCUT2D eigenvalue weighted by Gasteiger charge is 2.30. The monoisotopic (exact) mass is 482 g/mol. The number of rotatable bonds is 2. The number of fused-ring (bicyclic) bond motifs is 2.